The van der Waals surface area contributed by atoms with Gasteiger partial charge in [-0.25, -0.2) is 9.97 Å². The standard InChI is InChI=1S/C16H13Cl2N3/c1-10-2-7-13-14(8-10)20-15(18)16(21-13)19-9-11-3-5-12(17)6-4-11/h2-8H,9H2,1H3,(H,19,21). The van der Waals surface area contributed by atoms with Crippen LogP contribution < -0.4 is 5.32 Å². The minimum atomic E-state index is 0.377. The summed E-state index contributed by atoms with van der Waals surface area (Å²) in [6, 6.07) is 13.6. The van der Waals surface area contributed by atoms with Crippen LogP contribution in [0.1, 0.15) is 11.1 Å². The van der Waals surface area contributed by atoms with Gasteiger partial charge in [-0.1, -0.05) is 41.4 Å². The molecule has 21 heavy (non-hydrogen) atoms. The largest absolute Gasteiger partial charge is 0.363 e. The first-order valence-electron chi connectivity index (χ1n) is 6.54. The second kappa shape index (κ2) is 5.88. The third kappa shape index (κ3) is 3.26. The Kier molecular flexibility index (Phi) is 3.95. The summed E-state index contributed by atoms with van der Waals surface area (Å²) in [5.41, 5.74) is 3.86. The summed E-state index contributed by atoms with van der Waals surface area (Å²) in [5, 5.41) is 4.30. The Morgan fingerprint density at radius 1 is 0.952 bits per heavy atom. The van der Waals surface area contributed by atoms with Gasteiger partial charge in [0.25, 0.3) is 0 Å². The molecule has 3 rings (SSSR count). The topological polar surface area (TPSA) is 37.8 Å². The van der Waals surface area contributed by atoms with E-state index in [9.17, 15) is 0 Å². The van der Waals surface area contributed by atoms with E-state index in [-0.39, 0.29) is 0 Å². The second-order valence-electron chi connectivity index (χ2n) is 4.84. The first-order chi connectivity index (χ1) is 10.1. The summed E-state index contributed by atoms with van der Waals surface area (Å²) >= 11 is 12.1. The lowest BCUT2D eigenvalue weighted by molar-refractivity contribution is 1.11. The number of aromatic nitrogens is 2. The maximum Gasteiger partial charge on any atom is 0.172 e. The molecule has 1 N–H and O–H groups in total. The van der Waals surface area contributed by atoms with E-state index in [0.717, 1.165) is 27.2 Å². The SMILES string of the molecule is Cc1ccc2nc(NCc3ccc(Cl)cc3)c(Cl)nc2c1. The van der Waals surface area contributed by atoms with Gasteiger partial charge in [0.15, 0.2) is 11.0 Å². The molecule has 1 aromatic heterocycles. The Labute approximate surface area is 132 Å². The number of anilines is 1. The number of halogens is 2. The van der Waals surface area contributed by atoms with Crippen molar-refractivity contribution >= 4 is 40.1 Å². The second-order valence-corrected chi connectivity index (χ2v) is 5.63. The van der Waals surface area contributed by atoms with Crippen LogP contribution in [0.15, 0.2) is 42.5 Å². The molecule has 2 aromatic carbocycles. The molecule has 0 fully saturated rings. The van der Waals surface area contributed by atoms with E-state index in [2.05, 4.69) is 15.3 Å². The van der Waals surface area contributed by atoms with Gasteiger partial charge >= 0.3 is 0 Å². The molecule has 1 heterocycles. The highest BCUT2D eigenvalue weighted by Gasteiger charge is 2.07. The van der Waals surface area contributed by atoms with Crippen LogP contribution in [0.4, 0.5) is 5.82 Å². The van der Waals surface area contributed by atoms with Gasteiger partial charge in [-0.15, -0.1) is 0 Å². The maximum atomic E-state index is 6.19. The molecule has 0 spiro atoms. The van der Waals surface area contributed by atoms with Gasteiger partial charge in [0.1, 0.15) is 0 Å². The van der Waals surface area contributed by atoms with E-state index >= 15 is 0 Å². The molecule has 0 aliphatic rings. The third-order valence-corrected chi connectivity index (χ3v) is 3.67. The van der Waals surface area contributed by atoms with Crippen LogP contribution in [0.25, 0.3) is 11.0 Å². The summed E-state index contributed by atoms with van der Waals surface area (Å²) in [6.45, 7) is 2.63. The zero-order valence-corrected chi connectivity index (χ0v) is 12.9. The van der Waals surface area contributed by atoms with Crippen molar-refractivity contribution in [3.05, 3.63) is 63.8 Å². The molecule has 0 saturated heterocycles. The summed E-state index contributed by atoms with van der Waals surface area (Å²) in [5.74, 6) is 0.586. The first kappa shape index (κ1) is 14.1. The highest BCUT2D eigenvalue weighted by atomic mass is 35.5. The number of hydrogen-bond acceptors (Lipinski definition) is 3. The van der Waals surface area contributed by atoms with E-state index in [1.807, 2.05) is 49.4 Å². The van der Waals surface area contributed by atoms with Gasteiger partial charge in [-0.2, -0.15) is 0 Å². The van der Waals surface area contributed by atoms with Crippen molar-refractivity contribution in [2.24, 2.45) is 0 Å². The van der Waals surface area contributed by atoms with Crippen molar-refractivity contribution in [2.45, 2.75) is 13.5 Å². The molecule has 0 radical (unpaired) electrons. The third-order valence-electron chi connectivity index (χ3n) is 3.15. The molecule has 0 saturated carbocycles. The molecule has 0 aliphatic carbocycles. The Hall–Kier alpha value is -1.84. The lowest BCUT2D eigenvalue weighted by Crippen LogP contribution is -2.03. The molecule has 106 valence electrons. The highest BCUT2D eigenvalue weighted by Crippen LogP contribution is 2.22. The Balaban J connectivity index is 1.85. The van der Waals surface area contributed by atoms with Crippen molar-refractivity contribution in [3.63, 3.8) is 0 Å². The lowest BCUT2D eigenvalue weighted by atomic mass is 10.2. The van der Waals surface area contributed by atoms with E-state index in [0.29, 0.717) is 17.5 Å². The van der Waals surface area contributed by atoms with Crippen LogP contribution in [0, 0.1) is 6.92 Å². The Morgan fingerprint density at radius 2 is 1.71 bits per heavy atom. The van der Waals surface area contributed by atoms with Crippen LogP contribution in [-0.2, 0) is 6.54 Å². The number of fused-ring (bicyclic) bond motifs is 1. The number of benzene rings is 2. The van der Waals surface area contributed by atoms with Gasteiger partial charge in [-0.3, -0.25) is 0 Å². The predicted molar refractivity (Wildman–Crippen MR) is 88.1 cm³/mol. The molecule has 5 heteroatoms. The van der Waals surface area contributed by atoms with E-state index in [1.54, 1.807) is 0 Å². The van der Waals surface area contributed by atoms with Crippen molar-refractivity contribution in [3.8, 4) is 0 Å². The lowest BCUT2D eigenvalue weighted by Gasteiger charge is -2.09. The molecule has 0 amide bonds. The summed E-state index contributed by atoms with van der Waals surface area (Å²) in [7, 11) is 0. The van der Waals surface area contributed by atoms with Crippen LogP contribution in [0.3, 0.4) is 0 Å². The average Bonchev–Trinajstić information content (AvgIpc) is 2.47. The molecule has 3 nitrogen and oxygen atoms in total. The van der Waals surface area contributed by atoms with Gasteiger partial charge in [0, 0.05) is 11.6 Å². The van der Waals surface area contributed by atoms with Crippen LogP contribution >= 0.6 is 23.2 Å². The predicted octanol–water partition coefficient (Wildman–Crippen LogP) is 4.86. The zero-order chi connectivity index (χ0) is 14.8. The summed E-state index contributed by atoms with van der Waals surface area (Å²) < 4.78 is 0. The maximum absolute atomic E-state index is 6.19. The minimum absolute atomic E-state index is 0.377. The summed E-state index contributed by atoms with van der Waals surface area (Å²) in [6.07, 6.45) is 0. The van der Waals surface area contributed by atoms with E-state index < -0.39 is 0 Å². The highest BCUT2D eigenvalue weighted by molar-refractivity contribution is 6.32. The zero-order valence-electron chi connectivity index (χ0n) is 11.4. The minimum Gasteiger partial charge on any atom is -0.363 e. The van der Waals surface area contributed by atoms with Gasteiger partial charge < -0.3 is 5.32 Å². The fraction of sp³-hybridized carbons (Fsp3) is 0.125. The van der Waals surface area contributed by atoms with E-state index in [1.165, 1.54) is 0 Å². The van der Waals surface area contributed by atoms with E-state index in [4.69, 9.17) is 23.2 Å². The molecular weight excluding hydrogens is 305 g/mol. The average molecular weight is 318 g/mol. The number of hydrogen-bond donors (Lipinski definition) is 1. The molecule has 3 aromatic rings. The van der Waals surface area contributed by atoms with Crippen LogP contribution in [0.2, 0.25) is 10.2 Å². The van der Waals surface area contributed by atoms with Crippen molar-refractivity contribution in [2.75, 3.05) is 5.32 Å². The van der Waals surface area contributed by atoms with Gasteiger partial charge in [0.05, 0.1) is 11.0 Å². The van der Waals surface area contributed by atoms with Crippen LogP contribution in [-0.4, -0.2) is 9.97 Å². The molecule has 0 unspecified atom stereocenters. The molecule has 0 bridgehead atoms. The van der Waals surface area contributed by atoms with Crippen molar-refractivity contribution in [1.82, 2.24) is 9.97 Å². The monoisotopic (exact) mass is 317 g/mol. The molecule has 0 atom stereocenters. The van der Waals surface area contributed by atoms with Gasteiger partial charge in [-0.05, 0) is 42.3 Å². The van der Waals surface area contributed by atoms with Gasteiger partial charge in [0.2, 0.25) is 0 Å². The Bertz CT molecular complexity index is 785. The Morgan fingerprint density at radius 3 is 2.48 bits per heavy atom. The normalized spacial score (nSPS) is 10.8. The van der Waals surface area contributed by atoms with Crippen LogP contribution in [0.5, 0.6) is 0 Å². The number of nitrogens with one attached hydrogen (secondary N) is 1. The van der Waals surface area contributed by atoms with Crippen molar-refractivity contribution in [1.29, 1.82) is 0 Å². The van der Waals surface area contributed by atoms with Crippen molar-refractivity contribution < 1.29 is 0 Å². The number of aryl methyl sites for hydroxylation is 1. The number of nitrogens with zero attached hydrogens (tertiary/aromatic N) is 2. The fourth-order valence-electron chi connectivity index (χ4n) is 2.04. The summed E-state index contributed by atoms with van der Waals surface area (Å²) in [4.78, 5) is 8.90. The first-order valence-corrected chi connectivity index (χ1v) is 7.29. The molecular formula is C16H13Cl2N3. The number of rotatable bonds is 3. The smallest absolute Gasteiger partial charge is 0.172 e. The quantitative estimate of drug-likeness (QED) is 0.749. The molecule has 0 aliphatic heterocycles. The fourth-order valence-corrected chi connectivity index (χ4v) is 2.37.